The number of hydrogen-bond donors (Lipinski definition) is 4. The standard InChI is InChI=1S/C15H22FN3O2/c16-13-3-1-2-4-14(13)17-15(21)5-6-18-7-9-19(10-8-18)11-12-20/h1-4,20H,5-12H2,(H,17,21)/p+2. The van der Waals surface area contributed by atoms with E-state index in [-0.39, 0.29) is 18.2 Å². The van der Waals surface area contributed by atoms with Gasteiger partial charge in [-0.25, -0.2) is 4.39 Å². The first kappa shape index (κ1) is 15.9. The number of quaternary nitrogens is 2. The number of halogens is 1. The van der Waals surface area contributed by atoms with Crippen molar-refractivity contribution in [1.82, 2.24) is 0 Å². The number of hydrogen-bond acceptors (Lipinski definition) is 2. The third-order valence-corrected chi connectivity index (χ3v) is 3.98. The van der Waals surface area contributed by atoms with E-state index >= 15 is 0 Å². The monoisotopic (exact) mass is 297 g/mol. The molecule has 5 nitrogen and oxygen atoms in total. The number of benzene rings is 1. The van der Waals surface area contributed by atoms with E-state index in [0.717, 1.165) is 39.3 Å². The first-order valence-electron chi connectivity index (χ1n) is 7.51. The number of nitrogens with one attached hydrogen (secondary N) is 3. The zero-order chi connectivity index (χ0) is 15.1. The third kappa shape index (κ3) is 5.08. The quantitative estimate of drug-likeness (QED) is 0.488. The summed E-state index contributed by atoms with van der Waals surface area (Å²) in [5, 5.41) is 11.5. The van der Waals surface area contributed by atoms with Crippen LogP contribution in [-0.4, -0.2) is 56.9 Å². The molecule has 2 rings (SSSR count). The largest absolute Gasteiger partial charge is 0.391 e. The summed E-state index contributed by atoms with van der Waals surface area (Å²) in [4.78, 5) is 14.7. The van der Waals surface area contributed by atoms with Crippen molar-refractivity contribution in [2.45, 2.75) is 6.42 Å². The van der Waals surface area contributed by atoms with Crippen molar-refractivity contribution >= 4 is 11.6 Å². The Morgan fingerprint density at radius 3 is 2.38 bits per heavy atom. The normalized spacial score (nSPS) is 22.0. The Kier molecular flexibility index (Phi) is 6.10. The number of aliphatic hydroxyl groups excluding tert-OH is 1. The highest BCUT2D eigenvalue weighted by molar-refractivity contribution is 5.90. The second-order valence-electron chi connectivity index (χ2n) is 5.50. The molecule has 1 fully saturated rings. The van der Waals surface area contributed by atoms with E-state index in [1.165, 1.54) is 15.9 Å². The van der Waals surface area contributed by atoms with Gasteiger partial charge in [-0.15, -0.1) is 0 Å². The maximum atomic E-state index is 13.4. The van der Waals surface area contributed by atoms with E-state index < -0.39 is 5.82 Å². The summed E-state index contributed by atoms with van der Waals surface area (Å²) in [5.74, 6) is -0.544. The van der Waals surface area contributed by atoms with Gasteiger partial charge in [0.1, 0.15) is 38.5 Å². The molecule has 1 aliphatic rings. The lowest BCUT2D eigenvalue weighted by molar-refractivity contribution is -1.01. The molecule has 1 aromatic rings. The summed E-state index contributed by atoms with van der Waals surface area (Å²) >= 11 is 0. The molecule has 116 valence electrons. The summed E-state index contributed by atoms with van der Waals surface area (Å²) in [7, 11) is 0. The van der Waals surface area contributed by atoms with Crippen LogP contribution in [-0.2, 0) is 4.79 Å². The molecule has 21 heavy (non-hydrogen) atoms. The maximum absolute atomic E-state index is 13.4. The summed E-state index contributed by atoms with van der Waals surface area (Å²) in [6.07, 6.45) is 0.402. The molecule has 4 N–H and O–H groups in total. The topological polar surface area (TPSA) is 58.2 Å². The van der Waals surface area contributed by atoms with Crippen LogP contribution >= 0.6 is 0 Å². The number of anilines is 1. The van der Waals surface area contributed by atoms with Crippen molar-refractivity contribution < 1.29 is 24.1 Å². The van der Waals surface area contributed by atoms with Crippen LogP contribution < -0.4 is 15.1 Å². The molecule has 0 spiro atoms. The van der Waals surface area contributed by atoms with E-state index in [4.69, 9.17) is 5.11 Å². The molecular weight excluding hydrogens is 273 g/mol. The fourth-order valence-corrected chi connectivity index (χ4v) is 2.68. The van der Waals surface area contributed by atoms with Crippen molar-refractivity contribution in [2.24, 2.45) is 0 Å². The second-order valence-corrected chi connectivity index (χ2v) is 5.50. The molecule has 1 aliphatic heterocycles. The highest BCUT2D eigenvalue weighted by Crippen LogP contribution is 2.12. The zero-order valence-electron chi connectivity index (χ0n) is 12.2. The third-order valence-electron chi connectivity index (χ3n) is 3.98. The number of carbonyl (C=O) groups is 1. The first-order chi connectivity index (χ1) is 10.2. The van der Waals surface area contributed by atoms with Crippen LogP contribution in [0.5, 0.6) is 0 Å². The van der Waals surface area contributed by atoms with Crippen LogP contribution in [0.1, 0.15) is 6.42 Å². The fourth-order valence-electron chi connectivity index (χ4n) is 2.68. The van der Waals surface area contributed by atoms with Gasteiger partial charge in [0.25, 0.3) is 0 Å². The highest BCUT2D eigenvalue weighted by Gasteiger charge is 2.22. The van der Waals surface area contributed by atoms with Gasteiger partial charge in [0.05, 0.1) is 25.3 Å². The lowest BCUT2D eigenvalue weighted by Gasteiger charge is -2.29. The zero-order valence-corrected chi connectivity index (χ0v) is 12.2. The molecule has 0 saturated carbocycles. The summed E-state index contributed by atoms with van der Waals surface area (Å²) < 4.78 is 13.4. The second kappa shape index (κ2) is 8.07. The van der Waals surface area contributed by atoms with Gasteiger partial charge in [0.2, 0.25) is 5.91 Å². The minimum Gasteiger partial charge on any atom is -0.391 e. The molecule has 0 bridgehead atoms. The summed E-state index contributed by atoms with van der Waals surface area (Å²) in [6, 6.07) is 6.21. The van der Waals surface area contributed by atoms with Gasteiger partial charge in [-0.1, -0.05) is 12.1 Å². The number of carbonyl (C=O) groups excluding carboxylic acids is 1. The van der Waals surface area contributed by atoms with Gasteiger partial charge >= 0.3 is 0 Å². The van der Waals surface area contributed by atoms with Gasteiger partial charge < -0.3 is 20.2 Å². The van der Waals surface area contributed by atoms with E-state index in [1.807, 2.05) is 0 Å². The van der Waals surface area contributed by atoms with Crippen molar-refractivity contribution in [3.05, 3.63) is 30.1 Å². The molecule has 0 atom stereocenters. The fraction of sp³-hybridized carbons (Fsp3) is 0.533. The van der Waals surface area contributed by atoms with Crippen molar-refractivity contribution in [3.8, 4) is 0 Å². The van der Waals surface area contributed by atoms with Crippen LogP contribution in [0.4, 0.5) is 10.1 Å². The minimum atomic E-state index is -0.403. The first-order valence-corrected chi connectivity index (χ1v) is 7.51. The van der Waals surface area contributed by atoms with E-state index in [2.05, 4.69) is 5.32 Å². The average Bonchev–Trinajstić information content (AvgIpc) is 2.49. The molecule has 6 heteroatoms. The van der Waals surface area contributed by atoms with Gasteiger partial charge in [0, 0.05) is 0 Å². The minimum absolute atomic E-state index is 0.141. The van der Waals surface area contributed by atoms with Crippen LogP contribution in [0.2, 0.25) is 0 Å². The van der Waals surface area contributed by atoms with Gasteiger partial charge in [-0.2, -0.15) is 0 Å². The van der Waals surface area contributed by atoms with E-state index in [9.17, 15) is 9.18 Å². The Balaban J connectivity index is 1.69. The molecule has 1 amide bonds. The molecule has 0 unspecified atom stereocenters. The predicted molar refractivity (Wildman–Crippen MR) is 77.9 cm³/mol. The Bertz CT molecular complexity index is 462. The Hall–Kier alpha value is -1.50. The van der Waals surface area contributed by atoms with Crippen LogP contribution in [0, 0.1) is 5.82 Å². The molecule has 1 saturated heterocycles. The predicted octanol–water partition coefficient (Wildman–Crippen LogP) is -2.07. The smallest absolute Gasteiger partial charge is 0.230 e. The average molecular weight is 297 g/mol. The number of piperazine rings is 1. The maximum Gasteiger partial charge on any atom is 0.230 e. The summed E-state index contributed by atoms with van der Waals surface area (Å²) in [5.41, 5.74) is 0.245. The van der Waals surface area contributed by atoms with Gasteiger partial charge in [-0.3, -0.25) is 4.79 Å². The lowest BCUT2D eigenvalue weighted by atomic mass is 10.2. The van der Waals surface area contributed by atoms with Crippen molar-refractivity contribution in [3.63, 3.8) is 0 Å². The molecule has 0 aliphatic carbocycles. The molecule has 0 radical (unpaired) electrons. The van der Waals surface area contributed by atoms with Crippen LogP contribution in [0.25, 0.3) is 0 Å². The Morgan fingerprint density at radius 2 is 1.76 bits per heavy atom. The lowest BCUT2D eigenvalue weighted by Crippen LogP contribution is -3.28. The number of para-hydroxylation sites is 1. The van der Waals surface area contributed by atoms with Gasteiger partial charge in [-0.05, 0) is 12.1 Å². The van der Waals surface area contributed by atoms with Gasteiger partial charge in [0.15, 0.2) is 0 Å². The Labute approximate surface area is 124 Å². The number of aliphatic hydroxyl groups is 1. The number of rotatable bonds is 6. The van der Waals surface area contributed by atoms with Crippen LogP contribution in [0.3, 0.4) is 0 Å². The molecule has 1 aromatic carbocycles. The SMILES string of the molecule is O=C(CC[NH+]1CC[NH+](CCO)CC1)Nc1ccccc1F. The summed E-state index contributed by atoms with van der Waals surface area (Å²) in [6.45, 7) is 5.91. The van der Waals surface area contributed by atoms with E-state index in [0.29, 0.717) is 6.42 Å². The van der Waals surface area contributed by atoms with Crippen LogP contribution in [0.15, 0.2) is 24.3 Å². The Morgan fingerprint density at radius 1 is 1.14 bits per heavy atom. The molecule has 1 heterocycles. The van der Waals surface area contributed by atoms with Crippen molar-refractivity contribution in [2.75, 3.05) is 51.2 Å². The molecule has 0 aromatic heterocycles. The van der Waals surface area contributed by atoms with E-state index in [1.54, 1.807) is 18.2 Å². The molecular formula is C15H24FN3O2+2. The highest BCUT2D eigenvalue weighted by atomic mass is 19.1. The number of amides is 1. The van der Waals surface area contributed by atoms with Crippen molar-refractivity contribution in [1.29, 1.82) is 0 Å².